The SMILES string of the molecule is CC(=O)c1ccc(F)c([N+](=O)[O-])c1.CC(=O)c1ccc(Nc2cccc(Br)c2)c([N+](=O)[O-])c1.Nc1cccc(Br)c1. The van der Waals surface area contributed by atoms with E-state index in [0.717, 1.165) is 32.5 Å². The molecule has 0 aliphatic rings. The van der Waals surface area contributed by atoms with Crippen LogP contribution in [0.1, 0.15) is 34.6 Å². The summed E-state index contributed by atoms with van der Waals surface area (Å²) < 4.78 is 14.6. The number of benzene rings is 4. The van der Waals surface area contributed by atoms with Crippen LogP contribution in [0.25, 0.3) is 0 Å². The van der Waals surface area contributed by atoms with Gasteiger partial charge in [0.15, 0.2) is 11.6 Å². The van der Waals surface area contributed by atoms with Gasteiger partial charge >= 0.3 is 5.69 Å². The number of ketones is 2. The average molecular weight is 690 g/mol. The molecule has 4 aromatic carbocycles. The number of nitrogens with two attached hydrogens (primary N) is 1. The van der Waals surface area contributed by atoms with Crippen molar-refractivity contribution in [1.29, 1.82) is 0 Å². The standard InChI is InChI=1S/C14H11BrN2O3.C8H6FNO3.C6H6BrN/c1-9(18)10-5-6-13(14(7-10)17(19)20)16-12-4-2-3-11(15)8-12;1-5(11)6-2-3-7(9)8(4-6)10(12)13;7-5-2-1-3-6(8)4-5/h2-8,16H,1H3;2-4H,1H3;1-4H,8H2. The molecule has 0 saturated carbocycles. The van der Waals surface area contributed by atoms with Crippen LogP contribution in [0.3, 0.4) is 0 Å². The third-order valence-corrected chi connectivity index (χ3v) is 6.09. The highest BCUT2D eigenvalue weighted by Crippen LogP contribution is 2.29. The Bertz CT molecular complexity index is 1580. The Balaban J connectivity index is 0.000000239. The lowest BCUT2D eigenvalue weighted by molar-refractivity contribution is -0.387. The Labute approximate surface area is 250 Å². The normalized spacial score (nSPS) is 9.78. The Morgan fingerprint density at radius 2 is 1.27 bits per heavy atom. The van der Waals surface area contributed by atoms with Gasteiger partial charge in [-0.15, -0.1) is 0 Å². The number of carbonyl (C=O) groups is 2. The number of carbonyl (C=O) groups excluding carboxylic acids is 2. The molecule has 0 unspecified atom stereocenters. The molecular weight excluding hydrogens is 667 g/mol. The van der Waals surface area contributed by atoms with E-state index in [0.29, 0.717) is 11.3 Å². The summed E-state index contributed by atoms with van der Waals surface area (Å²) in [6, 6.07) is 22.3. The second kappa shape index (κ2) is 15.3. The van der Waals surface area contributed by atoms with Crippen LogP contribution in [-0.2, 0) is 0 Å². The summed E-state index contributed by atoms with van der Waals surface area (Å²) in [6.45, 7) is 2.64. The van der Waals surface area contributed by atoms with Crippen molar-refractivity contribution in [2.75, 3.05) is 11.1 Å². The van der Waals surface area contributed by atoms with E-state index in [-0.39, 0.29) is 22.8 Å². The Kier molecular flexibility index (Phi) is 12.2. The Hall–Kier alpha value is -4.49. The zero-order chi connectivity index (χ0) is 30.7. The quantitative estimate of drug-likeness (QED) is 0.0886. The lowest BCUT2D eigenvalue weighted by atomic mass is 10.1. The molecule has 0 heterocycles. The molecule has 41 heavy (non-hydrogen) atoms. The largest absolute Gasteiger partial charge is 0.399 e. The van der Waals surface area contributed by atoms with Crippen molar-refractivity contribution >= 4 is 71.9 Å². The first-order chi connectivity index (χ1) is 19.3. The third kappa shape index (κ3) is 10.5. The van der Waals surface area contributed by atoms with E-state index in [1.165, 1.54) is 32.0 Å². The number of halogens is 3. The molecule has 0 aromatic heterocycles. The minimum absolute atomic E-state index is 0.127. The van der Waals surface area contributed by atoms with Gasteiger partial charge in [-0.1, -0.05) is 44.0 Å². The highest BCUT2D eigenvalue weighted by atomic mass is 79.9. The Morgan fingerprint density at radius 1 is 0.756 bits per heavy atom. The van der Waals surface area contributed by atoms with Crippen LogP contribution in [0.5, 0.6) is 0 Å². The van der Waals surface area contributed by atoms with Gasteiger partial charge in [-0.3, -0.25) is 29.8 Å². The first-order valence-corrected chi connectivity index (χ1v) is 13.1. The third-order valence-electron chi connectivity index (χ3n) is 5.10. The molecule has 0 aliphatic heterocycles. The van der Waals surface area contributed by atoms with E-state index in [9.17, 15) is 34.2 Å². The lowest BCUT2D eigenvalue weighted by Gasteiger charge is -2.08. The predicted octanol–water partition coefficient (Wildman–Crippen LogP) is 8.27. The molecular formula is C28H23Br2FN4O6. The zero-order valence-electron chi connectivity index (χ0n) is 21.6. The van der Waals surface area contributed by atoms with Gasteiger partial charge < -0.3 is 11.1 Å². The van der Waals surface area contributed by atoms with Crippen LogP contribution < -0.4 is 11.1 Å². The summed E-state index contributed by atoms with van der Waals surface area (Å²) in [5.41, 5.74) is 6.93. The highest BCUT2D eigenvalue weighted by molar-refractivity contribution is 9.10. The molecule has 10 nitrogen and oxygen atoms in total. The van der Waals surface area contributed by atoms with Gasteiger partial charge in [0.2, 0.25) is 5.82 Å². The summed E-state index contributed by atoms with van der Waals surface area (Å²) >= 11 is 6.62. The molecule has 212 valence electrons. The van der Waals surface area contributed by atoms with Gasteiger partial charge in [-0.25, -0.2) is 0 Å². The number of Topliss-reactive ketones (excluding diaryl/α,β-unsaturated/α-hetero) is 2. The molecule has 0 atom stereocenters. The number of nitrogens with zero attached hydrogens (tertiary/aromatic N) is 2. The van der Waals surface area contributed by atoms with Crippen LogP contribution in [0.15, 0.2) is 93.9 Å². The van der Waals surface area contributed by atoms with Crippen LogP contribution in [0.4, 0.5) is 32.8 Å². The molecule has 4 aromatic rings. The van der Waals surface area contributed by atoms with Crippen molar-refractivity contribution in [1.82, 2.24) is 0 Å². The fourth-order valence-corrected chi connectivity index (χ4v) is 3.92. The second-order valence-corrected chi connectivity index (χ2v) is 10.0. The van der Waals surface area contributed by atoms with Gasteiger partial charge in [0, 0.05) is 43.6 Å². The van der Waals surface area contributed by atoms with Gasteiger partial charge in [0.25, 0.3) is 5.69 Å². The number of nitro groups is 2. The summed E-state index contributed by atoms with van der Waals surface area (Å²) in [5.74, 6) is -1.47. The molecule has 0 amide bonds. The van der Waals surface area contributed by atoms with Crippen molar-refractivity contribution in [3.8, 4) is 0 Å². The summed E-state index contributed by atoms with van der Waals surface area (Å²) in [5, 5.41) is 24.3. The van der Waals surface area contributed by atoms with Crippen molar-refractivity contribution < 1.29 is 23.8 Å². The maximum absolute atomic E-state index is 12.7. The molecule has 0 aliphatic carbocycles. The predicted molar refractivity (Wildman–Crippen MR) is 162 cm³/mol. The number of nitro benzene ring substituents is 2. The summed E-state index contributed by atoms with van der Waals surface area (Å²) in [7, 11) is 0. The summed E-state index contributed by atoms with van der Waals surface area (Å²) in [6.07, 6.45) is 0. The molecule has 0 radical (unpaired) electrons. The van der Waals surface area contributed by atoms with E-state index < -0.39 is 21.4 Å². The van der Waals surface area contributed by atoms with Gasteiger partial charge in [-0.2, -0.15) is 4.39 Å². The summed E-state index contributed by atoms with van der Waals surface area (Å²) in [4.78, 5) is 42.1. The van der Waals surface area contributed by atoms with E-state index in [1.807, 2.05) is 42.5 Å². The van der Waals surface area contributed by atoms with Crippen LogP contribution in [0.2, 0.25) is 0 Å². The second-order valence-electron chi connectivity index (χ2n) is 8.22. The maximum atomic E-state index is 12.7. The molecule has 0 spiro atoms. The number of nitrogen functional groups attached to an aromatic ring is 1. The first kappa shape index (κ1) is 32.7. The van der Waals surface area contributed by atoms with Crippen LogP contribution >= 0.6 is 31.9 Å². The monoisotopic (exact) mass is 688 g/mol. The number of hydrogen-bond acceptors (Lipinski definition) is 8. The number of hydrogen-bond donors (Lipinski definition) is 2. The van der Waals surface area contributed by atoms with Crippen LogP contribution in [0, 0.1) is 26.0 Å². The minimum atomic E-state index is -0.935. The van der Waals surface area contributed by atoms with Gasteiger partial charge in [-0.05, 0) is 74.5 Å². The highest BCUT2D eigenvalue weighted by Gasteiger charge is 2.17. The maximum Gasteiger partial charge on any atom is 0.305 e. The molecule has 0 bridgehead atoms. The number of anilines is 3. The van der Waals surface area contributed by atoms with E-state index >= 15 is 0 Å². The van der Waals surface area contributed by atoms with E-state index in [1.54, 1.807) is 12.1 Å². The topological polar surface area (TPSA) is 158 Å². The van der Waals surface area contributed by atoms with Crippen molar-refractivity contribution in [3.63, 3.8) is 0 Å². The number of nitrogens with one attached hydrogen (secondary N) is 1. The van der Waals surface area contributed by atoms with Gasteiger partial charge in [0.1, 0.15) is 5.69 Å². The lowest BCUT2D eigenvalue weighted by Crippen LogP contribution is -2.00. The fraction of sp³-hybridized carbons (Fsp3) is 0.0714. The zero-order valence-corrected chi connectivity index (χ0v) is 24.8. The van der Waals surface area contributed by atoms with Crippen molar-refractivity contribution in [2.24, 2.45) is 0 Å². The van der Waals surface area contributed by atoms with Crippen molar-refractivity contribution in [2.45, 2.75) is 13.8 Å². The molecule has 0 fully saturated rings. The fourth-order valence-electron chi connectivity index (χ4n) is 3.11. The average Bonchev–Trinajstić information content (AvgIpc) is 2.89. The number of rotatable bonds is 6. The smallest absolute Gasteiger partial charge is 0.305 e. The van der Waals surface area contributed by atoms with Crippen LogP contribution in [-0.4, -0.2) is 21.4 Å². The van der Waals surface area contributed by atoms with Gasteiger partial charge in [0.05, 0.1) is 9.85 Å². The molecule has 4 rings (SSSR count). The Morgan fingerprint density at radius 3 is 1.73 bits per heavy atom. The molecule has 13 heteroatoms. The van der Waals surface area contributed by atoms with Crippen molar-refractivity contribution in [3.05, 3.63) is 131 Å². The minimum Gasteiger partial charge on any atom is -0.399 e. The first-order valence-electron chi connectivity index (χ1n) is 11.6. The van der Waals surface area contributed by atoms with E-state index in [4.69, 9.17) is 5.73 Å². The van der Waals surface area contributed by atoms with E-state index in [2.05, 4.69) is 37.2 Å². The molecule has 3 N–H and O–H groups in total. The molecule has 0 saturated heterocycles.